The topological polar surface area (TPSA) is 52.6 Å². The fraction of sp³-hybridized carbons (Fsp3) is 0.667. The molecule has 0 spiro atoms. The summed E-state index contributed by atoms with van der Waals surface area (Å²) in [4.78, 5) is 25.3. The van der Waals surface area contributed by atoms with Crippen LogP contribution in [0.4, 0.5) is 0 Å². The Morgan fingerprint density at radius 2 is 1.30 bits per heavy atom. The Labute approximate surface area is 188 Å². The van der Waals surface area contributed by atoms with Gasteiger partial charge in [0, 0.05) is 5.88 Å². The molecule has 30 heavy (non-hydrogen) atoms. The van der Waals surface area contributed by atoms with E-state index in [9.17, 15) is 9.59 Å². The van der Waals surface area contributed by atoms with E-state index in [1.165, 1.54) is 25.7 Å². The van der Waals surface area contributed by atoms with E-state index in [0.29, 0.717) is 6.61 Å². The first-order chi connectivity index (χ1) is 14.1. The average molecular weight is 455 g/mol. The van der Waals surface area contributed by atoms with Crippen LogP contribution >= 0.6 is 11.6 Å². The molecule has 1 aromatic rings. The summed E-state index contributed by atoms with van der Waals surface area (Å²) in [5.41, 5.74) is 0.560. The van der Waals surface area contributed by atoms with Gasteiger partial charge in [-0.3, -0.25) is 0 Å². The number of alkyl halides is 1. The highest BCUT2D eigenvalue weighted by molar-refractivity contribution is 6.75. The lowest BCUT2D eigenvalue weighted by atomic mass is 10.1. The zero-order valence-electron chi connectivity index (χ0n) is 19.4. The van der Waals surface area contributed by atoms with Crippen LogP contribution in [0.3, 0.4) is 0 Å². The van der Waals surface area contributed by atoms with E-state index in [1.54, 1.807) is 24.3 Å². The van der Waals surface area contributed by atoms with Gasteiger partial charge in [0.1, 0.15) is 0 Å². The van der Waals surface area contributed by atoms with Crippen LogP contribution in [0.5, 0.6) is 0 Å². The summed E-state index contributed by atoms with van der Waals surface area (Å²) in [6.45, 7) is 10.6. The number of unbranched alkanes of at least 4 members (excludes halogenated alkanes) is 7. The third-order valence-electron chi connectivity index (χ3n) is 5.78. The van der Waals surface area contributed by atoms with Gasteiger partial charge in [0.25, 0.3) is 8.32 Å². The number of carbonyl (C=O) groups excluding carboxylic acids is 2. The maximum atomic E-state index is 12.8. The number of hydrogen-bond acceptors (Lipinski definition) is 4. The van der Waals surface area contributed by atoms with Gasteiger partial charge in [-0.15, -0.1) is 11.6 Å². The molecule has 6 heteroatoms. The number of rotatable bonds is 13. The van der Waals surface area contributed by atoms with Crippen LogP contribution in [0, 0.1) is 0 Å². The predicted octanol–water partition coefficient (Wildman–Crippen LogP) is 7.37. The SMILES string of the molecule is CC(C)(C)[Si](C)(C)OC(=O)c1ccccc1C(=O)OCCCCCCCCCCCl. The van der Waals surface area contributed by atoms with Crippen LogP contribution in [0.15, 0.2) is 24.3 Å². The van der Waals surface area contributed by atoms with Crippen molar-refractivity contribution in [2.45, 2.75) is 90.3 Å². The third kappa shape index (κ3) is 9.21. The van der Waals surface area contributed by atoms with E-state index in [1.807, 2.05) is 13.1 Å². The van der Waals surface area contributed by atoms with E-state index >= 15 is 0 Å². The van der Waals surface area contributed by atoms with Crippen LogP contribution in [0.1, 0.15) is 92.9 Å². The summed E-state index contributed by atoms with van der Waals surface area (Å²) in [5, 5.41) is -0.0950. The minimum Gasteiger partial charge on any atom is -0.516 e. The second-order valence-electron chi connectivity index (χ2n) is 9.35. The molecule has 0 radical (unpaired) electrons. The average Bonchev–Trinajstić information content (AvgIpc) is 2.68. The first kappa shape index (κ1) is 26.7. The van der Waals surface area contributed by atoms with Crippen molar-refractivity contribution in [1.82, 2.24) is 0 Å². The van der Waals surface area contributed by atoms with Crippen molar-refractivity contribution in [1.29, 1.82) is 0 Å². The Kier molecular flexibility index (Phi) is 11.7. The van der Waals surface area contributed by atoms with Crippen molar-refractivity contribution in [3.8, 4) is 0 Å². The summed E-state index contributed by atoms with van der Waals surface area (Å²) in [6, 6.07) is 6.75. The molecule has 0 aliphatic carbocycles. The minimum absolute atomic E-state index is 0.0950. The molecule has 0 heterocycles. The molecule has 1 rings (SSSR count). The quantitative estimate of drug-likeness (QED) is 0.135. The van der Waals surface area contributed by atoms with E-state index in [0.717, 1.165) is 31.6 Å². The summed E-state index contributed by atoms with van der Waals surface area (Å²) in [7, 11) is -2.27. The van der Waals surface area contributed by atoms with E-state index < -0.39 is 20.3 Å². The molecule has 170 valence electrons. The molecule has 0 aromatic heterocycles. The zero-order valence-corrected chi connectivity index (χ0v) is 21.1. The van der Waals surface area contributed by atoms with Crippen molar-refractivity contribution in [3.05, 3.63) is 35.4 Å². The molecular formula is C24H39ClO4Si. The molecule has 0 amide bonds. The van der Waals surface area contributed by atoms with Gasteiger partial charge >= 0.3 is 11.9 Å². The number of hydrogen-bond donors (Lipinski definition) is 0. The Bertz CT molecular complexity index is 667. The molecule has 1 aromatic carbocycles. The number of benzene rings is 1. The van der Waals surface area contributed by atoms with Crippen molar-refractivity contribution in [2.24, 2.45) is 0 Å². The second kappa shape index (κ2) is 13.2. The fourth-order valence-corrected chi connectivity index (χ4v) is 3.85. The Morgan fingerprint density at radius 1 is 0.833 bits per heavy atom. The second-order valence-corrected chi connectivity index (χ2v) is 14.5. The summed E-state index contributed by atoms with van der Waals surface area (Å²) < 4.78 is 11.3. The molecular weight excluding hydrogens is 416 g/mol. The van der Waals surface area contributed by atoms with Crippen molar-refractivity contribution >= 4 is 31.9 Å². The molecule has 0 aliphatic rings. The third-order valence-corrected chi connectivity index (χ3v) is 10.4. The molecule has 0 aliphatic heterocycles. The van der Waals surface area contributed by atoms with Gasteiger partial charge in [0.15, 0.2) is 0 Å². The first-order valence-electron chi connectivity index (χ1n) is 11.2. The highest BCUT2D eigenvalue weighted by Gasteiger charge is 2.41. The van der Waals surface area contributed by atoms with Crippen LogP contribution in [-0.2, 0) is 9.16 Å². The molecule has 0 N–H and O–H groups in total. The highest BCUT2D eigenvalue weighted by atomic mass is 35.5. The lowest BCUT2D eigenvalue weighted by molar-refractivity contribution is 0.0488. The smallest absolute Gasteiger partial charge is 0.339 e. The van der Waals surface area contributed by atoms with Gasteiger partial charge in [0.2, 0.25) is 0 Å². The summed E-state index contributed by atoms with van der Waals surface area (Å²) in [6.07, 6.45) is 9.01. The highest BCUT2D eigenvalue weighted by Crippen LogP contribution is 2.37. The molecule has 4 nitrogen and oxygen atoms in total. The maximum absolute atomic E-state index is 12.8. The van der Waals surface area contributed by atoms with Crippen molar-refractivity contribution < 1.29 is 18.8 Å². The summed E-state index contributed by atoms with van der Waals surface area (Å²) in [5.74, 6) is -0.148. The number of ether oxygens (including phenoxy) is 1. The van der Waals surface area contributed by atoms with Gasteiger partial charge in [0.05, 0.1) is 17.7 Å². The van der Waals surface area contributed by atoms with Gasteiger partial charge in [-0.1, -0.05) is 71.4 Å². The molecule has 0 unspecified atom stereocenters. The lowest BCUT2D eigenvalue weighted by Gasteiger charge is -2.35. The van der Waals surface area contributed by atoms with Crippen molar-refractivity contribution in [2.75, 3.05) is 12.5 Å². The number of carbonyl (C=O) groups is 2. The molecule has 0 saturated carbocycles. The normalized spacial score (nSPS) is 11.9. The Balaban J connectivity index is 2.48. The largest absolute Gasteiger partial charge is 0.516 e. The Morgan fingerprint density at radius 3 is 1.80 bits per heavy atom. The van der Waals surface area contributed by atoms with Crippen molar-refractivity contribution in [3.63, 3.8) is 0 Å². The summed E-state index contributed by atoms with van der Waals surface area (Å²) >= 11 is 5.68. The van der Waals surface area contributed by atoms with Crippen LogP contribution in [0.2, 0.25) is 18.1 Å². The first-order valence-corrected chi connectivity index (χ1v) is 14.6. The van der Waals surface area contributed by atoms with Crippen LogP contribution < -0.4 is 0 Å². The van der Waals surface area contributed by atoms with Gasteiger partial charge in [-0.05, 0) is 43.1 Å². The molecule has 0 bridgehead atoms. The molecule has 0 atom stereocenters. The fourth-order valence-electron chi connectivity index (χ4n) is 2.78. The molecule has 0 fully saturated rings. The maximum Gasteiger partial charge on any atom is 0.339 e. The number of esters is 1. The molecule has 0 saturated heterocycles. The monoisotopic (exact) mass is 454 g/mol. The zero-order chi connectivity index (χ0) is 22.6. The lowest BCUT2D eigenvalue weighted by Crippen LogP contribution is -2.42. The van der Waals surface area contributed by atoms with E-state index in [4.69, 9.17) is 20.8 Å². The van der Waals surface area contributed by atoms with E-state index in [-0.39, 0.29) is 16.2 Å². The minimum atomic E-state index is -2.27. The standard InChI is InChI=1S/C24H39ClO4Si/c1-24(2,3)30(4,5)29-23(27)21-17-13-12-16-20(21)22(26)28-19-15-11-9-7-6-8-10-14-18-25/h12-13,16-17H,6-11,14-15,18-19H2,1-5H3. The van der Waals surface area contributed by atoms with Gasteiger partial charge < -0.3 is 9.16 Å². The number of halogens is 1. The van der Waals surface area contributed by atoms with E-state index in [2.05, 4.69) is 20.8 Å². The van der Waals surface area contributed by atoms with Gasteiger partial charge in [-0.2, -0.15) is 0 Å². The van der Waals surface area contributed by atoms with Crippen LogP contribution in [0.25, 0.3) is 0 Å². The van der Waals surface area contributed by atoms with Gasteiger partial charge in [-0.25, -0.2) is 9.59 Å². The Hall–Kier alpha value is -1.33. The predicted molar refractivity (Wildman–Crippen MR) is 127 cm³/mol. The van der Waals surface area contributed by atoms with Crippen LogP contribution in [-0.4, -0.2) is 32.7 Å².